The molecule has 21 heavy (non-hydrogen) atoms. The molecule has 1 heterocycles. The molecule has 4 heteroatoms. The number of amides is 1. The highest BCUT2D eigenvalue weighted by Gasteiger charge is 2.29. The number of ether oxygens (including phenoxy) is 1. The van der Waals surface area contributed by atoms with Gasteiger partial charge in [-0.05, 0) is 38.3 Å². The average Bonchev–Trinajstić information content (AvgIpc) is 2.40. The normalized spacial score (nSPS) is 21.4. The fourth-order valence-corrected chi connectivity index (χ4v) is 2.24. The smallest absolute Gasteiger partial charge is 0.410 e. The zero-order chi connectivity index (χ0) is 15.5. The van der Waals surface area contributed by atoms with Gasteiger partial charge in [-0.25, -0.2) is 9.18 Å². The standard InChI is InChI=1S/C17H22FNO2/c1-17(2,3)21-16(20)19-10-9-14(15(18)12-19)11-13-7-5-4-6-8-13/h4-8,11,15H,9-10,12H2,1-3H3. The molecule has 1 fully saturated rings. The number of carbonyl (C=O) groups is 1. The van der Waals surface area contributed by atoms with E-state index in [-0.39, 0.29) is 6.54 Å². The summed E-state index contributed by atoms with van der Waals surface area (Å²) in [5.74, 6) is 0. The number of halogens is 1. The second-order valence-electron chi connectivity index (χ2n) is 6.27. The van der Waals surface area contributed by atoms with Crippen molar-refractivity contribution in [3.05, 3.63) is 41.5 Å². The molecule has 0 aliphatic carbocycles. The van der Waals surface area contributed by atoms with Gasteiger partial charge in [0.1, 0.15) is 11.8 Å². The number of nitrogens with zero attached hydrogens (tertiary/aromatic N) is 1. The van der Waals surface area contributed by atoms with E-state index < -0.39 is 17.9 Å². The topological polar surface area (TPSA) is 29.5 Å². The predicted molar refractivity (Wildman–Crippen MR) is 81.7 cm³/mol. The third kappa shape index (κ3) is 4.59. The van der Waals surface area contributed by atoms with E-state index in [0.717, 1.165) is 11.1 Å². The second-order valence-corrected chi connectivity index (χ2v) is 6.27. The summed E-state index contributed by atoms with van der Waals surface area (Å²) in [4.78, 5) is 13.4. The molecule has 0 aromatic heterocycles. The maximum atomic E-state index is 14.3. The Kier molecular flexibility index (Phi) is 4.66. The fraction of sp³-hybridized carbons (Fsp3) is 0.471. The molecule has 0 N–H and O–H groups in total. The van der Waals surface area contributed by atoms with Crippen molar-refractivity contribution in [2.75, 3.05) is 13.1 Å². The van der Waals surface area contributed by atoms with Gasteiger partial charge >= 0.3 is 6.09 Å². The van der Waals surface area contributed by atoms with E-state index in [9.17, 15) is 9.18 Å². The Morgan fingerprint density at radius 3 is 2.57 bits per heavy atom. The van der Waals surface area contributed by atoms with Crippen LogP contribution in [-0.4, -0.2) is 35.9 Å². The van der Waals surface area contributed by atoms with E-state index in [4.69, 9.17) is 4.74 Å². The van der Waals surface area contributed by atoms with E-state index >= 15 is 0 Å². The molecular weight excluding hydrogens is 269 g/mol. The molecule has 3 nitrogen and oxygen atoms in total. The molecule has 1 unspecified atom stereocenters. The van der Waals surface area contributed by atoms with Crippen LogP contribution in [0.15, 0.2) is 35.9 Å². The highest BCUT2D eigenvalue weighted by atomic mass is 19.1. The van der Waals surface area contributed by atoms with Crippen molar-refractivity contribution in [2.45, 2.75) is 39.0 Å². The van der Waals surface area contributed by atoms with E-state index in [2.05, 4.69) is 0 Å². The van der Waals surface area contributed by atoms with Gasteiger partial charge in [0.15, 0.2) is 0 Å². The van der Waals surface area contributed by atoms with Gasteiger partial charge in [0, 0.05) is 6.54 Å². The molecule has 0 spiro atoms. The molecule has 1 aromatic rings. The largest absolute Gasteiger partial charge is 0.444 e. The van der Waals surface area contributed by atoms with Crippen LogP contribution < -0.4 is 0 Å². The van der Waals surface area contributed by atoms with Crippen molar-refractivity contribution >= 4 is 12.2 Å². The van der Waals surface area contributed by atoms with Gasteiger partial charge in [-0.3, -0.25) is 0 Å². The lowest BCUT2D eigenvalue weighted by atomic mass is 9.99. The molecule has 1 aliphatic rings. The van der Waals surface area contributed by atoms with Crippen LogP contribution in [0.5, 0.6) is 0 Å². The van der Waals surface area contributed by atoms with Crippen LogP contribution in [0.1, 0.15) is 32.8 Å². The van der Waals surface area contributed by atoms with Gasteiger partial charge in [-0.2, -0.15) is 0 Å². The van der Waals surface area contributed by atoms with Crippen molar-refractivity contribution in [3.8, 4) is 0 Å². The van der Waals surface area contributed by atoms with Gasteiger partial charge in [0.2, 0.25) is 0 Å². The molecule has 1 aromatic carbocycles. The highest BCUT2D eigenvalue weighted by Crippen LogP contribution is 2.23. The van der Waals surface area contributed by atoms with E-state index in [1.807, 2.05) is 57.2 Å². The number of rotatable bonds is 1. The maximum absolute atomic E-state index is 14.3. The monoisotopic (exact) mass is 291 g/mol. The number of piperidine rings is 1. The van der Waals surface area contributed by atoms with Crippen molar-refractivity contribution in [2.24, 2.45) is 0 Å². The van der Waals surface area contributed by atoms with Crippen LogP contribution >= 0.6 is 0 Å². The molecule has 0 saturated carbocycles. The van der Waals surface area contributed by atoms with Crippen LogP contribution in [0.3, 0.4) is 0 Å². The fourth-order valence-electron chi connectivity index (χ4n) is 2.24. The lowest BCUT2D eigenvalue weighted by Gasteiger charge is -2.32. The van der Waals surface area contributed by atoms with Crippen molar-refractivity contribution in [1.82, 2.24) is 4.90 Å². The Morgan fingerprint density at radius 1 is 1.33 bits per heavy atom. The van der Waals surface area contributed by atoms with Crippen LogP contribution in [0, 0.1) is 0 Å². The molecule has 1 amide bonds. The number of alkyl halides is 1. The lowest BCUT2D eigenvalue weighted by Crippen LogP contribution is -2.44. The Bertz CT molecular complexity index is 519. The lowest BCUT2D eigenvalue weighted by molar-refractivity contribution is 0.0186. The van der Waals surface area contributed by atoms with Crippen molar-refractivity contribution in [3.63, 3.8) is 0 Å². The van der Waals surface area contributed by atoms with E-state index in [1.54, 1.807) is 0 Å². The summed E-state index contributed by atoms with van der Waals surface area (Å²) in [5.41, 5.74) is 1.17. The third-order valence-electron chi connectivity index (χ3n) is 3.26. The Labute approximate surface area is 125 Å². The maximum Gasteiger partial charge on any atom is 0.410 e. The minimum absolute atomic E-state index is 0.0631. The Balaban J connectivity index is 1.99. The SMILES string of the molecule is CC(C)(C)OC(=O)N1CCC(=Cc2ccccc2)C(F)C1. The molecule has 0 radical (unpaired) electrons. The summed E-state index contributed by atoms with van der Waals surface area (Å²) in [6.45, 7) is 5.98. The van der Waals surface area contributed by atoms with Crippen LogP contribution in [0.25, 0.3) is 6.08 Å². The Morgan fingerprint density at radius 2 is 2.00 bits per heavy atom. The summed E-state index contributed by atoms with van der Waals surface area (Å²) in [6.07, 6.45) is 0.835. The van der Waals surface area contributed by atoms with Crippen LogP contribution in [0.4, 0.5) is 9.18 Å². The zero-order valence-corrected chi connectivity index (χ0v) is 12.8. The summed E-state index contributed by atoms with van der Waals surface area (Å²) >= 11 is 0. The first-order valence-electron chi connectivity index (χ1n) is 7.23. The molecule has 1 saturated heterocycles. The van der Waals surface area contributed by atoms with Gasteiger partial charge in [0.25, 0.3) is 0 Å². The number of carbonyl (C=O) groups excluding carboxylic acids is 1. The minimum Gasteiger partial charge on any atom is -0.444 e. The third-order valence-corrected chi connectivity index (χ3v) is 3.26. The first kappa shape index (κ1) is 15.5. The summed E-state index contributed by atoms with van der Waals surface area (Å²) in [7, 11) is 0. The number of benzene rings is 1. The quantitative estimate of drug-likeness (QED) is 0.781. The second kappa shape index (κ2) is 6.29. The number of likely N-dealkylation sites (tertiary alicyclic amines) is 1. The predicted octanol–water partition coefficient (Wildman–Crippen LogP) is 4.05. The number of hydrogen-bond acceptors (Lipinski definition) is 2. The van der Waals surface area contributed by atoms with Gasteiger partial charge in [0.05, 0.1) is 6.54 Å². The molecule has 1 aliphatic heterocycles. The Hall–Kier alpha value is -1.84. The van der Waals surface area contributed by atoms with Gasteiger partial charge < -0.3 is 9.64 Å². The first-order valence-corrected chi connectivity index (χ1v) is 7.23. The van der Waals surface area contributed by atoms with Crippen LogP contribution in [0.2, 0.25) is 0 Å². The zero-order valence-electron chi connectivity index (χ0n) is 12.8. The minimum atomic E-state index is -1.13. The molecular formula is C17H22FNO2. The van der Waals surface area contributed by atoms with Gasteiger partial charge in [-0.1, -0.05) is 36.4 Å². The summed E-state index contributed by atoms with van der Waals surface area (Å²) < 4.78 is 19.5. The molecule has 1 atom stereocenters. The summed E-state index contributed by atoms with van der Waals surface area (Å²) in [5, 5.41) is 0. The molecule has 114 valence electrons. The molecule has 2 rings (SSSR count). The van der Waals surface area contributed by atoms with E-state index in [1.165, 1.54) is 4.90 Å². The van der Waals surface area contributed by atoms with Crippen molar-refractivity contribution in [1.29, 1.82) is 0 Å². The first-order chi connectivity index (χ1) is 9.85. The van der Waals surface area contributed by atoms with Gasteiger partial charge in [-0.15, -0.1) is 0 Å². The highest BCUT2D eigenvalue weighted by molar-refractivity contribution is 5.69. The van der Waals surface area contributed by atoms with Crippen molar-refractivity contribution < 1.29 is 13.9 Å². The average molecular weight is 291 g/mol. The summed E-state index contributed by atoms with van der Waals surface area (Å²) in [6, 6.07) is 9.67. The molecule has 0 bridgehead atoms. The number of hydrogen-bond donors (Lipinski definition) is 0. The van der Waals surface area contributed by atoms with Crippen LogP contribution in [-0.2, 0) is 4.74 Å². The van der Waals surface area contributed by atoms with E-state index in [0.29, 0.717) is 13.0 Å².